The molecule has 4 rings (SSSR count). The molecule has 57 heavy (non-hydrogen) atoms. The van der Waals surface area contributed by atoms with Crippen molar-refractivity contribution >= 4 is 29.5 Å². The van der Waals surface area contributed by atoms with Crippen LogP contribution in [0.15, 0.2) is 60.7 Å². The predicted molar refractivity (Wildman–Crippen MR) is 219 cm³/mol. The van der Waals surface area contributed by atoms with Crippen LogP contribution in [0.25, 0.3) is 0 Å². The Labute approximate surface area is 338 Å². The third kappa shape index (κ3) is 15.5. The van der Waals surface area contributed by atoms with Crippen molar-refractivity contribution in [3.8, 4) is 0 Å². The van der Waals surface area contributed by atoms with E-state index in [-0.39, 0.29) is 29.6 Å². The van der Waals surface area contributed by atoms with Gasteiger partial charge in [-0.3, -0.25) is 24.0 Å². The maximum Gasteiger partial charge on any atom is 0.245 e. The van der Waals surface area contributed by atoms with Gasteiger partial charge in [-0.1, -0.05) is 74.5 Å². The van der Waals surface area contributed by atoms with Crippen LogP contribution in [0, 0.1) is 11.3 Å². The van der Waals surface area contributed by atoms with E-state index in [1.54, 1.807) is 12.0 Å². The number of ether oxygens (including phenoxy) is 2. The average Bonchev–Trinajstić information content (AvgIpc) is 3.56. The minimum absolute atomic E-state index is 0.0298. The second kappa shape index (κ2) is 23.8. The summed E-state index contributed by atoms with van der Waals surface area (Å²) in [6, 6.07) is 15.1. The zero-order valence-electron chi connectivity index (χ0n) is 34.1. The molecule has 0 aliphatic carbocycles. The molecule has 2 aliphatic rings. The van der Waals surface area contributed by atoms with E-state index in [4.69, 9.17) is 15.2 Å². The minimum atomic E-state index is -1.00. The number of nitrogens with zero attached hydrogens (tertiary/aromatic N) is 1. The predicted octanol–water partition coefficient (Wildman–Crippen LogP) is 1.85. The second-order valence-electron chi connectivity index (χ2n) is 15.9. The van der Waals surface area contributed by atoms with Gasteiger partial charge in [0, 0.05) is 46.1 Å². The highest BCUT2D eigenvalue weighted by Gasteiger charge is 2.42. The van der Waals surface area contributed by atoms with Gasteiger partial charge in [0.2, 0.25) is 29.5 Å². The minimum Gasteiger partial charge on any atom is -0.382 e. The first-order chi connectivity index (χ1) is 27.5. The Morgan fingerprint density at radius 2 is 1.40 bits per heavy atom. The monoisotopic (exact) mass is 791 g/mol. The van der Waals surface area contributed by atoms with Gasteiger partial charge in [-0.25, -0.2) is 0 Å². The van der Waals surface area contributed by atoms with Crippen molar-refractivity contribution in [3.63, 3.8) is 0 Å². The summed E-state index contributed by atoms with van der Waals surface area (Å²) in [5, 5.41) is 15.1. The normalized spacial score (nSPS) is 17.1. The Morgan fingerprint density at radius 3 is 2.02 bits per heavy atom. The van der Waals surface area contributed by atoms with Crippen LogP contribution in [0.4, 0.5) is 0 Å². The van der Waals surface area contributed by atoms with Crippen LogP contribution in [-0.2, 0) is 46.3 Å². The Bertz CT molecular complexity index is 1550. The van der Waals surface area contributed by atoms with Gasteiger partial charge in [0.05, 0.1) is 25.9 Å². The smallest absolute Gasteiger partial charge is 0.245 e. The molecule has 2 aromatic carbocycles. The van der Waals surface area contributed by atoms with Gasteiger partial charge in [0.25, 0.3) is 0 Å². The number of piperidine rings is 1. The molecule has 2 saturated heterocycles. The van der Waals surface area contributed by atoms with Crippen LogP contribution >= 0.6 is 0 Å². The number of carbonyl (C=O) groups is 5. The molecule has 1 spiro atoms. The first-order valence-electron chi connectivity index (χ1n) is 20.6. The first-order valence-corrected chi connectivity index (χ1v) is 20.6. The highest BCUT2D eigenvalue weighted by Crippen LogP contribution is 2.37. The number of hydrogen-bond donors (Lipinski definition) is 6. The largest absolute Gasteiger partial charge is 0.382 e. The lowest BCUT2D eigenvalue weighted by atomic mass is 9.77. The summed E-state index contributed by atoms with van der Waals surface area (Å²) in [6.45, 7) is 8.62. The molecular weight excluding hydrogens is 727 g/mol. The number of nitrogens with two attached hydrogens (primary N) is 1. The molecule has 2 heterocycles. The van der Waals surface area contributed by atoms with E-state index in [9.17, 15) is 24.0 Å². The zero-order chi connectivity index (χ0) is 41.0. The highest BCUT2D eigenvalue weighted by atomic mass is 16.5. The molecule has 0 aromatic heterocycles. The molecule has 2 fully saturated rings. The van der Waals surface area contributed by atoms with Crippen LogP contribution in [0.2, 0.25) is 0 Å². The zero-order valence-corrected chi connectivity index (χ0v) is 34.1. The molecule has 4 unspecified atom stereocenters. The van der Waals surface area contributed by atoms with Gasteiger partial charge in [0.1, 0.15) is 18.1 Å². The van der Waals surface area contributed by atoms with Crippen molar-refractivity contribution in [1.82, 2.24) is 31.5 Å². The first kappa shape index (κ1) is 45.3. The molecular formula is C43H65N7O7. The summed E-state index contributed by atoms with van der Waals surface area (Å²) in [7, 11) is 1.63. The number of likely N-dealkylation sites (tertiary alicyclic amines) is 1. The topological polar surface area (TPSA) is 193 Å². The number of rotatable bonds is 24. The summed E-state index contributed by atoms with van der Waals surface area (Å²) in [4.78, 5) is 69.6. The number of benzene rings is 2. The fourth-order valence-electron chi connectivity index (χ4n) is 7.44. The molecule has 5 amide bonds. The lowest BCUT2D eigenvalue weighted by Gasteiger charge is -2.39. The second-order valence-corrected chi connectivity index (χ2v) is 15.9. The van der Waals surface area contributed by atoms with Gasteiger partial charge in [-0.2, -0.15) is 0 Å². The van der Waals surface area contributed by atoms with E-state index in [1.807, 2.05) is 74.5 Å². The van der Waals surface area contributed by atoms with Crippen molar-refractivity contribution in [1.29, 1.82) is 0 Å². The average molecular weight is 792 g/mol. The van der Waals surface area contributed by atoms with E-state index < -0.39 is 41.9 Å². The van der Waals surface area contributed by atoms with Crippen LogP contribution in [0.5, 0.6) is 0 Å². The van der Waals surface area contributed by atoms with Crippen molar-refractivity contribution < 1.29 is 33.4 Å². The Morgan fingerprint density at radius 1 is 0.789 bits per heavy atom. The molecule has 7 N–H and O–H groups in total. The lowest BCUT2D eigenvalue weighted by Crippen LogP contribution is -2.59. The van der Waals surface area contributed by atoms with E-state index in [2.05, 4.69) is 26.6 Å². The SMILES string of the molecule is COCCOCCNCCCCC(NC(=O)C(CC(C)C)NC(=O)C(Cc1ccccc1)NC(=O)C(N)Cc1ccccc1)C(=O)N1CCC2(CC1)CNC(=O)C2. The van der Waals surface area contributed by atoms with Gasteiger partial charge < -0.3 is 46.7 Å². The molecule has 0 bridgehead atoms. The van der Waals surface area contributed by atoms with Crippen LogP contribution in [-0.4, -0.2) is 118 Å². The third-order valence-electron chi connectivity index (χ3n) is 10.8. The fourth-order valence-corrected chi connectivity index (χ4v) is 7.44. The molecule has 2 aliphatic heterocycles. The van der Waals surface area contributed by atoms with E-state index in [0.29, 0.717) is 90.9 Å². The molecule has 4 atom stereocenters. The highest BCUT2D eigenvalue weighted by molar-refractivity contribution is 5.95. The fraction of sp³-hybridized carbons (Fsp3) is 0.605. The summed E-state index contributed by atoms with van der Waals surface area (Å²) < 4.78 is 10.5. The number of unbranched alkanes of at least 4 members (excludes halogenated alkanes) is 1. The van der Waals surface area contributed by atoms with Gasteiger partial charge >= 0.3 is 0 Å². The van der Waals surface area contributed by atoms with Crippen molar-refractivity contribution in [2.45, 2.75) is 95.8 Å². The summed E-state index contributed by atoms with van der Waals surface area (Å²) in [6.07, 6.45) is 4.60. The standard InChI is InChI=1S/C43H65N7O7/c1-31(2)26-36(49-41(54)37(28-33-14-8-5-9-15-33)48-39(52)34(44)27-32-12-6-4-7-13-32)40(53)47-35(16-10-11-19-45-20-23-57-25-24-56-3)42(55)50-21-17-43(18-22-50)29-38(51)46-30-43/h4-9,12-15,31,34-37,45H,10-11,16-30,44H2,1-3H3,(H,46,51)(H,47,53)(H,48,52)(H,49,54). The summed E-state index contributed by atoms with van der Waals surface area (Å²) in [5.74, 6) is -1.52. The molecule has 314 valence electrons. The summed E-state index contributed by atoms with van der Waals surface area (Å²) >= 11 is 0. The molecule has 14 nitrogen and oxygen atoms in total. The van der Waals surface area contributed by atoms with Crippen LogP contribution in [0.1, 0.15) is 69.9 Å². The van der Waals surface area contributed by atoms with Crippen molar-refractivity contribution in [2.75, 3.05) is 59.7 Å². The molecule has 14 heteroatoms. The van der Waals surface area contributed by atoms with Crippen LogP contribution < -0.4 is 32.3 Å². The Balaban J connectivity index is 1.43. The third-order valence-corrected chi connectivity index (χ3v) is 10.8. The molecule has 2 aromatic rings. The van der Waals surface area contributed by atoms with Crippen molar-refractivity contribution in [2.24, 2.45) is 17.1 Å². The van der Waals surface area contributed by atoms with Gasteiger partial charge in [-0.05, 0) is 74.0 Å². The van der Waals surface area contributed by atoms with E-state index in [0.717, 1.165) is 24.1 Å². The number of amides is 5. The van der Waals surface area contributed by atoms with Crippen molar-refractivity contribution in [3.05, 3.63) is 71.8 Å². The lowest BCUT2D eigenvalue weighted by molar-refractivity contribution is -0.139. The Kier molecular flexibility index (Phi) is 18.9. The Hall–Kier alpha value is -4.37. The van der Waals surface area contributed by atoms with E-state index >= 15 is 0 Å². The maximum atomic E-state index is 14.2. The van der Waals surface area contributed by atoms with Crippen LogP contribution in [0.3, 0.4) is 0 Å². The number of nitrogens with one attached hydrogen (secondary N) is 5. The quantitative estimate of drug-likeness (QED) is 0.0862. The number of methoxy groups -OCH3 is 1. The molecule has 0 saturated carbocycles. The van der Waals surface area contributed by atoms with E-state index in [1.165, 1.54) is 0 Å². The van der Waals surface area contributed by atoms with Gasteiger partial charge in [0.15, 0.2) is 0 Å². The van der Waals surface area contributed by atoms with Gasteiger partial charge in [-0.15, -0.1) is 0 Å². The molecule has 0 radical (unpaired) electrons. The number of hydrogen-bond acceptors (Lipinski definition) is 9. The maximum absolute atomic E-state index is 14.2. The summed E-state index contributed by atoms with van der Waals surface area (Å²) in [5.41, 5.74) is 7.91. The number of carbonyl (C=O) groups excluding carboxylic acids is 5.